The van der Waals surface area contributed by atoms with Crippen LogP contribution >= 0.6 is 14.5 Å². The molecule has 0 aliphatic heterocycles. The van der Waals surface area contributed by atoms with Gasteiger partial charge in [-0.1, -0.05) is 48.6 Å². The Balaban J connectivity index is 1.99. The summed E-state index contributed by atoms with van der Waals surface area (Å²) in [7, 11) is -1.82. The zero-order chi connectivity index (χ0) is 17.8. The Hall–Kier alpha value is -1.22. The fraction of sp³-hybridized carbons (Fsp3) is 0.273. The molecule has 2 rings (SSSR count). The first-order valence-corrected chi connectivity index (χ1v) is 14.6. The second-order valence-electron chi connectivity index (χ2n) is 7.93. The van der Waals surface area contributed by atoms with Crippen LogP contribution in [-0.2, 0) is 0 Å². The number of hydrogen-bond donors (Lipinski definition) is 0. The maximum atomic E-state index is 2.35. The highest BCUT2D eigenvalue weighted by Gasteiger charge is 2.20. The van der Waals surface area contributed by atoms with Crippen LogP contribution in [0, 0.1) is 0 Å². The molecule has 0 atom stereocenters. The van der Waals surface area contributed by atoms with Crippen LogP contribution in [0.1, 0.15) is 11.1 Å². The first kappa shape index (κ1) is 19.1. The van der Waals surface area contributed by atoms with Gasteiger partial charge in [-0.05, 0) is 35.4 Å². The number of rotatable bonds is 5. The minimum absolute atomic E-state index is 0.912. The molecule has 126 valence electrons. The molecule has 0 radical (unpaired) electrons. The van der Waals surface area contributed by atoms with E-state index in [9.17, 15) is 0 Å². The summed E-state index contributed by atoms with van der Waals surface area (Å²) in [6.45, 7) is 14.1. The molecule has 0 spiro atoms. The Morgan fingerprint density at radius 2 is 0.792 bits per heavy atom. The van der Waals surface area contributed by atoms with Crippen molar-refractivity contribution in [3.05, 3.63) is 71.8 Å². The van der Waals surface area contributed by atoms with Gasteiger partial charge in [-0.25, -0.2) is 0 Å². The van der Waals surface area contributed by atoms with Crippen molar-refractivity contribution in [3.63, 3.8) is 0 Å². The predicted octanol–water partition coefficient (Wildman–Crippen LogP) is 5.48. The first-order valence-electron chi connectivity index (χ1n) is 8.35. The third-order valence-corrected chi connectivity index (χ3v) is 7.72. The first-order chi connectivity index (χ1) is 11.2. The van der Waals surface area contributed by atoms with Crippen molar-refractivity contribution in [2.24, 2.45) is 0 Å². The van der Waals surface area contributed by atoms with E-state index in [4.69, 9.17) is 0 Å². The van der Waals surface area contributed by atoms with E-state index in [2.05, 4.69) is 113 Å². The molecule has 0 N–H and O–H groups in total. The average molecular weight is 356 g/mol. The van der Waals surface area contributed by atoms with Crippen LogP contribution in [0.3, 0.4) is 0 Å². The molecule has 0 bridgehead atoms. The van der Waals surface area contributed by atoms with E-state index in [0.717, 1.165) is 0 Å². The Morgan fingerprint density at radius 1 is 0.500 bits per heavy atom. The normalized spacial score (nSPS) is 13.1. The summed E-state index contributed by atoms with van der Waals surface area (Å²) in [5.41, 5.74) is 2.51. The SMILES string of the molecule is C[P+](C)(C)c1ccc(C=CC=Cc2ccc([P+](C)(C)C)cc2)cc1. The fourth-order valence-corrected chi connectivity index (χ4v) is 4.49. The largest absolute Gasteiger partial charge is 0.0931 e. The van der Waals surface area contributed by atoms with Gasteiger partial charge in [0.15, 0.2) is 0 Å². The lowest BCUT2D eigenvalue weighted by Crippen LogP contribution is -2.06. The molecule has 0 heterocycles. The van der Waals surface area contributed by atoms with E-state index in [-0.39, 0.29) is 0 Å². The van der Waals surface area contributed by atoms with Gasteiger partial charge in [-0.15, -0.1) is 0 Å². The molecule has 2 aromatic carbocycles. The van der Waals surface area contributed by atoms with Crippen molar-refractivity contribution in [1.82, 2.24) is 0 Å². The highest BCUT2D eigenvalue weighted by Crippen LogP contribution is 2.45. The summed E-state index contributed by atoms with van der Waals surface area (Å²) in [4.78, 5) is 0. The standard InChI is InChI=1S/C22H30P2/c1-23(2,3)21-15-11-19(12-16-21)9-7-8-10-20-13-17-22(18-14-20)24(4,5)6/h7-18H,1-6H3/q+2. The highest BCUT2D eigenvalue weighted by atomic mass is 31.2. The van der Waals surface area contributed by atoms with Gasteiger partial charge >= 0.3 is 0 Å². The third-order valence-electron chi connectivity index (χ3n) is 4.02. The minimum Gasteiger partial charge on any atom is -0.0617 e. The summed E-state index contributed by atoms with van der Waals surface area (Å²) >= 11 is 0. The topological polar surface area (TPSA) is 0 Å². The van der Waals surface area contributed by atoms with Crippen LogP contribution in [0.15, 0.2) is 60.7 Å². The smallest absolute Gasteiger partial charge is 0.0617 e. The number of allylic oxidation sites excluding steroid dienone is 2. The molecule has 0 amide bonds. The molecule has 0 nitrogen and oxygen atoms in total. The zero-order valence-electron chi connectivity index (χ0n) is 15.8. The van der Waals surface area contributed by atoms with Crippen LogP contribution in [0.2, 0.25) is 0 Å². The average Bonchev–Trinajstić information content (AvgIpc) is 2.51. The van der Waals surface area contributed by atoms with Crippen LogP contribution in [0.4, 0.5) is 0 Å². The molecule has 2 aromatic rings. The van der Waals surface area contributed by atoms with E-state index in [0.29, 0.717) is 0 Å². The van der Waals surface area contributed by atoms with Crippen molar-refractivity contribution in [2.75, 3.05) is 40.0 Å². The van der Waals surface area contributed by atoms with Gasteiger partial charge in [-0.2, -0.15) is 0 Å². The Bertz CT molecular complexity index is 641. The van der Waals surface area contributed by atoms with Crippen LogP contribution in [0.5, 0.6) is 0 Å². The lowest BCUT2D eigenvalue weighted by molar-refractivity contribution is 1.68. The molecule has 0 aromatic heterocycles. The van der Waals surface area contributed by atoms with Gasteiger partial charge in [0.25, 0.3) is 0 Å². The van der Waals surface area contributed by atoms with E-state index >= 15 is 0 Å². The molecule has 2 heteroatoms. The van der Waals surface area contributed by atoms with Crippen LogP contribution in [0.25, 0.3) is 12.2 Å². The number of benzene rings is 2. The molecule has 0 fully saturated rings. The predicted molar refractivity (Wildman–Crippen MR) is 120 cm³/mol. The summed E-state index contributed by atoms with van der Waals surface area (Å²) in [6, 6.07) is 17.9. The van der Waals surface area contributed by atoms with Crippen LogP contribution in [-0.4, -0.2) is 40.0 Å². The molecule has 0 aliphatic rings. The lowest BCUT2D eigenvalue weighted by atomic mass is 10.2. The molecule has 24 heavy (non-hydrogen) atoms. The van der Waals surface area contributed by atoms with E-state index < -0.39 is 14.5 Å². The van der Waals surface area contributed by atoms with Gasteiger partial charge in [-0.3, -0.25) is 0 Å². The highest BCUT2D eigenvalue weighted by molar-refractivity contribution is 7.81. The Kier molecular flexibility index (Phi) is 6.19. The molecule has 0 aliphatic carbocycles. The maximum absolute atomic E-state index is 2.35. The van der Waals surface area contributed by atoms with Gasteiger partial charge < -0.3 is 0 Å². The summed E-state index contributed by atoms with van der Waals surface area (Å²) < 4.78 is 0. The van der Waals surface area contributed by atoms with Gasteiger partial charge in [0.1, 0.15) is 0 Å². The van der Waals surface area contributed by atoms with Crippen molar-refractivity contribution < 1.29 is 0 Å². The van der Waals surface area contributed by atoms with E-state index in [1.807, 2.05) is 0 Å². The molecule has 0 saturated heterocycles. The fourth-order valence-electron chi connectivity index (χ4n) is 2.40. The minimum atomic E-state index is -0.912. The summed E-state index contributed by atoms with van der Waals surface area (Å²) in [5, 5.41) is 2.97. The molecule has 0 unspecified atom stereocenters. The monoisotopic (exact) mass is 356 g/mol. The molecular weight excluding hydrogens is 326 g/mol. The second-order valence-corrected chi connectivity index (χ2v) is 17.0. The molecular formula is C22H30P2+2. The summed E-state index contributed by atoms with van der Waals surface area (Å²) in [6.07, 6.45) is 8.56. The van der Waals surface area contributed by atoms with E-state index in [1.54, 1.807) is 0 Å². The van der Waals surface area contributed by atoms with Crippen molar-refractivity contribution in [1.29, 1.82) is 0 Å². The Morgan fingerprint density at radius 3 is 1.04 bits per heavy atom. The van der Waals surface area contributed by atoms with Crippen molar-refractivity contribution >= 4 is 37.3 Å². The van der Waals surface area contributed by atoms with Crippen molar-refractivity contribution in [2.45, 2.75) is 0 Å². The maximum Gasteiger partial charge on any atom is 0.0931 e. The quantitative estimate of drug-likeness (QED) is 0.492. The number of hydrogen-bond acceptors (Lipinski definition) is 0. The van der Waals surface area contributed by atoms with Gasteiger partial charge in [0.05, 0.1) is 50.6 Å². The second kappa shape index (κ2) is 7.77. The third kappa shape index (κ3) is 5.70. The van der Waals surface area contributed by atoms with E-state index in [1.165, 1.54) is 21.7 Å². The Labute approximate surface area is 149 Å². The summed E-state index contributed by atoms with van der Waals surface area (Å²) in [5.74, 6) is 0. The molecule has 0 saturated carbocycles. The van der Waals surface area contributed by atoms with Gasteiger partial charge in [0.2, 0.25) is 0 Å². The van der Waals surface area contributed by atoms with Gasteiger partial charge in [0, 0.05) is 14.5 Å². The van der Waals surface area contributed by atoms with Crippen molar-refractivity contribution in [3.8, 4) is 0 Å². The van der Waals surface area contributed by atoms with Crippen LogP contribution < -0.4 is 10.6 Å². The zero-order valence-corrected chi connectivity index (χ0v) is 17.6. The lowest BCUT2D eigenvalue weighted by Gasteiger charge is -2.11.